The number of hydrogen-bond acceptors (Lipinski definition) is 3. The molecular formula is C24H24N2OS. The molecule has 142 valence electrons. The number of carbonyl (C=O) groups is 1. The second-order valence-electron chi connectivity index (χ2n) is 8.04. The SMILES string of the molecule is O=C(NCC1(c2ccccc2)CC1)[C@@H]1CC=CC[C@H]1c1nc2ccccc2s1. The summed E-state index contributed by atoms with van der Waals surface area (Å²) >= 11 is 1.73. The number of nitrogens with zero attached hydrogens (tertiary/aromatic N) is 1. The molecule has 1 N–H and O–H groups in total. The Balaban J connectivity index is 1.32. The molecule has 0 saturated heterocycles. The summed E-state index contributed by atoms with van der Waals surface area (Å²) in [4.78, 5) is 18.0. The van der Waals surface area contributed by atoms with Crippen molar-refractivity contribution in [1.29, 1.82) is 0 Å². The summed E-state index contributed by atoms with van der Waals surface area (Å²) in [6.45, 7) is 0.739. The number of rotatable bonds is 5. The van der Waals surface area contributed by atoms with Gasteiger partial charge in [-0.25, -0.2) is 4.98 Å². The molecule has 1 fully saturated rings. The predicted octanol–water partition coefficient (Wildman–Crippen LogP) is 5.19. The van der Waals surface area contributed by atoms with Gasteiger partial charge in [-0.3, -0.25) is 4.79 Å². The zero-order chi connectivity index (χ0) is 19.0. The fraction of sp³-hybridized carbons (Fsp3) is 0.333. The monoisotopic (exact) mass is 388 g/mol. The maximum atomic E-state index is 13.1. The first kappa shape index (κ1) is 17.6. The van der Waals surface area contributed by atoms with Crippen molar-refractivity contribution in [3.05, 3.63) is 77.3 Å². The van der Waals surface area contributed by atoms with Crippen LogP contribution in [0.3, 0.4) is 0 Å². The van der Waals surface area contributed by atoms with Gasteiger partial charge in [-0.05, 0) is 43.4 Å². The van der Waals surface area contributed by atoms with E-state index >= 15 is 0 Å². The van der Waals surface area contributed by atoms with Crippen LogP contribution in [-0.2, 0) is 10.2 Å². The topological polar surface area (TPSA) is 42.0 Å². The fourth-order valence-corrected chi connectivity index (χ4v) is 5.47. The summed E-state index contributed by atoms with van der Waals surface area (Å²) in [6, 6.07) is 18.8. The van der Waals surface area contributed by atoms with Crippen molar-refractivity contribution in [1.82, 2.24) is 10.3 Å². The van der Waals surface area contributed by atoms with Crippen LogP contribution in [0.15, 0.2) is 66.7 Å². The van der Waals surface area contributed by atoms with Crippen LogP contribution in [0.2, 0.25) is 0 Å². The number of carbonyl (C=O) groups excluding carboxylic acids is 1. The van der Waals surface area contributed by atoms with Gasteiger partial charge in [0.2, 0.25) is 5.91 Å². The minimum atomic E-state index is -0.0304. The summed E-state index contributed by atoms with van der Waals surface area (Å²) in [5.74, 6) is 0.322. The van der Waals surface area contributed by atoms with Crippen LogP contribution in [0, 0.1) is 5.92 Å². The summed E-state index contributed by atoms with van der Waals surface area (Å²) in [7, 11) is 0. The van der Waals surface area contributed by atoms with E-state index < -0.39 is 0 Å². The van der Waals surface area contributed by atoms with Crippen LogP contribution < -0.4 is 5.32 Å². The normalized spacial score (nSPS) is 22.9. The van der Waals surface area contributed by atoms with Gasteiger partial charge in [0.1, 0.15) is 0 Å². The molecule has 0 unspecified atom stereocenters. The molecule has 2 aliphatic carbocycles. The number of thiazole rings is 1. The van der Waals surface area contributed by atoms with Crippen LogP contribution in [0.4, 0.5) is 0 Å². The molecular weight excluding hydrogens is 364 g/mol. The van der Waals surface area contributed by atoms with Crippen molar-refractivity contribution in [3.8, 4) is 0 Å². The zero-order valence-electron chi connectivity index (χ0n) is 15.8. The Bertz CT molecular complexity index is 986. The van der Waals surface area contributed by atoms with Gasteiger partial charge in [0.05, 0.1) is 21.1 Å². The van der Waals surface area contributed by atoms with Crippen LogP contribution in [0.25, 0.3) is 10.2 Å². The first-order valence-corrected chi connectivity index (χ1v) is 10.9. The second kappa shape index (κ2) is 7.17. The number of para-hydroxylation sites is 1. The highest BCUT2D eigenvalue weighted by Crippen LogP contribution is 2.47. The van der Waals surface area contributed by atoms with Crippen molar-refractivity contribution in [2.75, 3.05) is 6.54 Å². The van der Waals surface area contributed by atoms with Crippen molar-refractivity contribution in [3.63, 3.8) is 0 Å². The summed E-state index contributed by atoms with van der Waals surface area (Å²) < 4.78 is 1.20. The van der Waals surface area contributed by atoms with E-state index in [0.29, 0.717) is 0 Å². The third-order valence-electron chi connectivity index (χ3n) is 6.24. The largest absolute Gasteiger partial charge is 0.355 e. The number of fused-ring (bicyclic) bond motifs is 1. The highest BCUT2D eigenvalue weighted by Gasteiger charge is 2.44. The lowest BCUT2D eigenvalue weighted by molar-refractivity contribution is -0.125. The summed E-state index contributed by atoms with van der Waals surface area (Å²) in [6.07, 6.45) is 8.35. The number of amides is 1. The van der Waals surface area contributed by atoms with Gasteiger partial charge >= 0.3 is 0 Å². The van der Waals surface area contributed by atoms with E-state index in [4.69, 9.17) is 4.98 Å². The lowest BCUT2D eigenvalue weighted by Gasteiger charge is -2.27. The lowest BCUT2D eigenvalue weighted by atomic mass is 9.82. The molecule has 0 spiro atoms. The van der Waals surface area contributed by atoms with Gasteiger partial charge in [0.25, 0.3) is 0 Å². The van der Waals surface area contributed by atoms with E-state index in [1.54, 1.807) is 11.3 Å². The lowest BCUT2D eigenvalue weighted by Crippen LogP contribution is -2.39. The number of nitrogens with one attached hydrogen (secondary N) is 1. The average Bonchev–Trinajstić information content (AvgIpc) is 3.43. The maximum absolute atomic E-state index is 13.1. The minimum Gasteiger partial charge on any atom is -0.355 e. The summed E-state index contributed by atoms with van der Waals surface area (Å²) in [5, 5.41) is 4.38. The smallest absolute Gasteiger partial charge is 0.224 e. The molecule has 3 aromatic rings. The molecule has 2 atom stereocenters. The number of aromatic nitrogens is 1. The molecule has 1 amide bonds. The minimum absolute atomic E-state index is 0.0304. The van der Waals surface area contributed by atoms with Crippen LogP contribution in [-0.4, -0.2) is 17.4 Å². The fourth-order valence-electron chi connectivity index (χ4n) is 4.32. The molecule has 2 aromatic carbocycles. The Kier molecular flexibility index (Phi) is 4.52. The first-order chi connectivity index (χ1) is 13.8. The van der Waals surface area contributed by atoms with Crippen molar-refractivity contribution >= 4 is 27.5 Å². The van der Waals surface area contributed by atoms with E-state index in [9.17, 15) is 4.79 Å². The highest BCUT2D eigenvalue weighted by atomic mass is 32.1. The van der Waals surface area contributed by atoms with Crippen LogP contribution in [0.5, 0.6) is 0 Å². The van der Waals surface area contributed by atoms with Gasteiger partial charge in [-0.1, -0.05) is 54.6 Å². The number of allylic oxidation sites excluding steroid dienone is 2. The first-order valence-electron chi connectivity index (χ1n) is 10.1. The Morgan fingerprint density at radius 3 is 2.57 bits per heavy atom. The van der Waals surface area contributed by atoms with E-state index in [1.165, 1.54) is 10.3 Å². The molecule has 1 saturated carbocycles. The van der Waals surface area contributed by atoms with Crippen molar-refractivity contribution in [2.45, 2.75) is 37.0 Å². The molecule has 0 aliphatic heterocycles. The third-order valence-corrected chi connectivity index (χ3v) is 7.41. The van der Waals surface area contributed by atoms with Gasteiger partial charge in [-0.15, -0.1) is 11.3 Å². The van der Waals surface area contributed by atoms with Crippen molar-refractivity contribution < 1.29 is 4.79 Å². The Morgan fingerprint density at radius 1 is 1.04 bits per heavy atom. The Morgan fingerprint density at radius 2 is 1.79 bits per heavy atom. The van der Waals surface area contributed by atoms with Gasteiger partial charge in [0, 0.05) is 17.9 Å². The van der Waals surface area contributed by atoms with Gasteiger partial charge in [0.15, 0.2) is 0 Å². The zero-order valence-corrected chi connectivity index (χ0v) is 16.6. The van der Waals surface area contributed by atoms with E-state index in [-0.39, 0.29) is 23.2 Å². The molecule has 1 aromatic heterocycles. The van der Waals surface area contributed by atoms with Gasteiger partial charge < -0.3 is 5.32 Å². The standard InChI is InChI=1S/C24H24N2OS/c27-22(25-16-24(14-15-24)17-8-2-1-3-9-17)18-10-4-5-11-19(18)23-26-20-12-6-7-13-21(20)28-23/h1-9,12-13,18-19H,10-11,14-16H2,(H,25,27)/t18-,19-/m1/s1. The van der Waals surface area contributed by atoms with Crippen LogP contribution >= 0.6 is 11.3 Å². The Hall–Kier alpha value is -2.46. The molecule has 3 nitrogen and oxygen atoms in total. The molecule has 0 bridgehead atoms. The third kappa shape index (κ3) is 3.26. The number of benzene rings is 2. The molecule has 1 heterocycles. The van der Waals surface area contributed by atoms with E-state index in [1.807, 2.05) is 12.1 Å². The molecule has 4 heteroatoms. The van der Waals surface area contributed by atoms with Gasteiger partial charge in [-0.2, -0.15) is 0 Å². The quantitative estimate of drug-likeness (QED) is 0.611. The summed E-state index contributed by atoms with van der Waals surface area (Å²) in [5.41, 5.74) is 2.53. The predicted molar refractivity (Wildman–Crippen MR) is 115 cm³/mol. The Labute approximate surface area is 169 Å². The molecule has 5 rings (SSSR count). The molecule has 28 heavy (non-hydrogen) atoms. The van der Waals surface area contributed by atoms with Crippen molar-refractivity contribution in [2.24, 2.45) is 5.92 Å². The second-order valence-corrected chi connectivity index (χ2v) is 9.10. The van der Waals surface area contributed by atoms with Crippen LogP contribution in [0.1, 0.15) is 42.2 Å². The molecule has 0 radical (unpaired) electrons. The van der Waals surface area contributed by atoms with E-state index in [2.05, 4.69) is 59.9 Å². The van der Waals surface area contributed by atoms with E-state index in [0.717, 1.165) is 42.8 Å². The number of hydrogen-bond donors (Lipinski definition) is 1. The highest BCUT2D eigenvalue weighted by molar-refractivity contribution is 7.18. The maximum Gasteiger partial charge on any atom is 0.224 e. The molecule has 2 aliphatic rings. The average molecular weight is 389 g/mol.